The van der Waals surface area contributed by atoms with Crippen LogP contribution in [0.25, 0.3) is 10.8 Å². The number of amides is 2. The standard InChI is InChI=1S/C36H38BrN3O4S/c37-29-21-19-27(20-22-29)25-39(32(24-26-10-3-1-4-11-26)36(42)38-30-14-5-2-6-15-30)34(41)18-9-23-40-31-16-7-12-28-13-8-17-33(35(28)31)45(40,43)44/h1,3-4,7-8,10-13,16-17,19-22,30,32H,2,5-6,9,14-15,18,23-25H2,(H,38,42)/t32-/m1/s1. The van der Waals surface area contributed by atoms with Gasteiger partial charge in [0.15, 0.2) is 0 Å². The topological polar surface area (TPSA) is 86.8 Å². The molecule has 1 aliphatic heterocycles. The van der Waals surface area contributed by atoms with Crippen LogP contribution in [-0.2, 0) is 32.6 Å². The van der Waals surface area contributed by atoms with Crippen molar-refractivity contribution in [1.82, 2.24) is 10.2 Å². The number of rotatable bonds is 11. The van der Waals surface area contributed by atoms with E-state index in [-0.39, 0.29) is 37.4 Å². The summed E-state index contributed by atoms with van der Waals surface area (Å²) in [4.78, 5) is 30.2. The molecule has 7 nitrogen and oxygen atoms in total. The van der Waals surface area contributed by atoms with Crippen molar-refractivity contribution < 1.29 is 18.0 Å². The Morgan fingerprint density at radius 2 is 1.58 bits per heavy atom. The van der Waals surface area contributed by atoms with Crippen molar-refractivity contribution in [2.75, 3.05) is 10.8 Å². The molecule has 1 heterocycles. The van der Waals surface area contributed by atoms with Gasteiger partial charge in [-0.15, -0.1) is 0 Å². The largest absolute Gasteiger partial charge is 0.352 e. The molecule has 9 heteroatoms. The Kier molecular flexibility index (Phi) is 9.56. The van der Waals surface area contributed by atoms with Crippen LogP contribution < -0.4 is 9.62 Å². The number of carbonyl (C=O) groups excluding carboxylic acids is 2. The summed E-state index contributed by atoms with van der Waals surface area (Å²) in [7, 11) is -3.72. The average Bonchev–Trinajstić information content (AvgIpc) is 3.27. The van der Waals surface area contributed by atoms with Crippen molar-refractivity contribution in [2.24, 2.45) is 0 Å². The second-order valence-corrected chi connectivity index (χ2v) is 14.8. The van der Waals surface area contributed by atoms with Gasteiger partial charge in [0.05, 0.1) is 10.6 Å². The van der Waals surface area contributed by atoms with Gasteiger partial charge in [-0.3, -0.25) is 13.9 Å². The number of carbonyl (C=O) groups is 2. The van der Waals surface area contributed by atoms with Gasteiger partial charge in [0.2, 0.25) is 11.8 Å². The molecule has 4 aromatic rings. The van der Waals surface area contributed by atoms with Crippen molar-refractivity contribution in [3.63, 3.8) is 0 Å². The molecule has 0 bridgehead atoms. The number of hydrogen-bond donors (Lipinski definition) is 1. The fourth-order valence-corrected chi connectivity index (χ4v) is 8.61. The van der Waals surface area contributed by atoms with E-state index in [9.17, 15) is 18.0 Å². The molecule has 4 aromatic carbocycles. The molecule has 6 rings (SSSR count). The molecule has 2 amide bonds. The van der Waals surface area contributed by atoms with E-state index in [0.29, 0.717) is 23.4 Å². The number of hydrogen-bond acceptors (Lipinski definition) is 4. The molecular weight excluding hydrogens is 650 g/mol. The van der Waals surface area contributed by atoms with Crippen molar-refractivity contribution in [1.29, 1.82) is 0 Å². The molecule has 0 radical (unpaired) electrons. The van der Waals surface area contributed by atoms with Crippen molar-refractivity contribution in [3.05, 3.63) is 107 Å². The van der Waals surface area contributed by atoms with E-state index in [1.807, 2.05) is 78.9 Å². The van der Waals surface area contributed by atoms with Crippen LogP contribution >= 0.6 is 15.9 Å². The Bertz CT molecular complexity index is 1770. The van der Waals surface area contributed by atoms with Gasteiger partial charge in [-0.1, -0.05) is 102 Å². The third-order valence-corrected chi connectivity index (χ3v) is 11.3. The lowest BCUT2D eigenvalue weighted by atomic mass is 9.94. The Balaban J connectivity index is 1.25. The quantitative estimate of drug-likeness (QED) is 0.184. The molecular formula is C36H38BrN3O4S. The second kappa shape index (κ2) is 13.7. The van der Waals surface area contributed by atoms with Gasteiger partial charge in [0, 0.05) is 41.8 Å². The summed E-state index contributed by atoms with van der Waals surface area (Å²) in [5.41, 5.74) is 2.54. The molecule has 1 fully saturated rings. The molecule has 1 atom stereocenters. The van der Waals surface area contributed by atoms with Gasteiger partial charge in [-0.25, -0.2) is 8.42 Å². The zero-order valence-corrected chi connectivity index (χ0v) is 27.6. The lowest BCUT2D eigenvalue weighted by Gasteiger charge is -2.33. The van der Waals surface area contributed by atoms with Gasteiger partial charge in [-0.05, 0) is 60.0 Å². The molecule has 2 aliphatic rings. The minimum atomic E-state index is -3.72. The highest BCUT2D eigenvalue weighted by Crippen LogP contribution is 2.42. The van der Waals surface area contributed by atoms with Crippen LogP contribution in [-0.4, -0.2) is 43.8 Å². The molecule has 1 saturated carbocycles. The summed E-state index contributed by atoms with van der Waals surface area (Å²) in [5.74, 6) is -0.314. The zero-order chi connectivity index (χ0) is 31.4. The van der Waals surface area contributed by atoms with E-state index in [1.54, 1.807) is 17.0 Å². The van der Waals surface area contributed by atoms with Crippen LogP contribution in [0.2, 0.25) is 0 Å². The Hall–Kier alpha value is -3.69. The molecule has 45 heavy (non-hydrogen) atoms. The predicted octanol–water partition coefficient (Wildman–Crippen LogP) is 6.98. The fraction of sp³-hybridized carbons (Fsp3) is 0.333. The number of halogens is 1. The molecule has 0 spiro atoms. The Morgan fingerprint density at radius 1 is 0.867 bits per heavy atom. The lowest BCUT2D eigenvalue weighted by Crippen LogP contribution is -2.52. The molecule has 0 saturated heterocycles. The average molecular weight is 689 g/mol. The molecule has 0 aromatic heterocycles. The summed E-state index contributed by atoms with van der Waals surface area (Å²) in [6.45, 7) is 0.445. The predicted molar refractivity (Wildman–Crippen MR) is 181 cm³/mol. The maximum absolute atomic E-state index is 14.2. The smallest absolute Gasteiger partial charge is 0.265 e. The number of benzene rings is 4. The molecule has 234 valence electrons. The first-order chi connectivity index (χ1) is 21.8. The number of nitrogens with one attached hydrogen (secondary N) is 1. The zero-order valence-electron chi connectivity index (χ0n) is 25.2. The second-order valence-electron chi connectivity index (χ2n) is 12.0. The third kappa shape index (κ3) is 6.94. The van der Waals surface area contributed by atoms with Gasteiger partial charge in [0.1, 0.15) is 6.04 Å². The summed E-state index contributed by atoms with van der Waals surface area (Å²) < 4.78 is 29.4. The molecule has 0 unspecified atom stereocenters. The van der Waals surface area contributed by atoms with E-state index in [1.165, 1.54) is 10.7 Å². The molecule has 1 aliphatic carbocycles. The Morgan fingerprint density at radius 3 is 2.31 bits per heavy atom. The highest BCUT2D eigenvalue weighted by Gasteiger charge is 2.36. The van der Waals surface area contributed by atoms with Crippen LogP contribution in [0.15, 0.2) is 100 Å². The minimum Gasteiger partial charge on any atom is -0.352 e. The normalized spacial score (nSPS) is 16.4. The van der Waals surface area contributed by atoms with Crippen LogP contribution in [0.3, 0.4) is 0 Å². The summed E-state index contributed by atoms with van der Waals surface area (Å²) in [5, 5.41) is 4.88. The fourth-order valence-electron chi connectivity index (χ4n) is 6.60. The van der Waals surface area contributed by atoms with Crippen LogP contribution in [0.5, 0.6) is 0 Å². The first-order valence-corrected chi connectivity index (χ1v) is 18.0. The van der Waals surface area contributed by atoms with E-state index in [2.05, 4.69) is 21.2 Å². The van der Waals surface area contributed by atoms with E-state index in [0.717, 1.165) is 52.1 Å². The van der Waals surface area contributed by atoms with E-state index < -0.39 is 16.1 Å². The number of sulfonamides is 1. The van der Waals surface area contributed by atoms with Crippen LogP contribution in [0.1, 0.15) is 56.1 Å². The van der Waals surface area contributed by atoms with Gasteiger partial charge >= 0.3 is 0 Å². The van der Waals surface area contributed by atoms with Crippen LogP contribution in [0, 0.1) is 0 Å². The molecule has 1 N–H and O–H groups in total. The summed E-state index contributed by atoms with van der Waals surface area (Å²) >= 11 is 3.49. The maximum atomic E-state index is 14.2. The summed E-state index contributed by atoms with van der Waals surface area (Å²) in [6, 6.07) is 27.9. The first-order valence-electron chi connectivity index (χ1n) is 15.7. The van der Waals surface area contributed by atoms with E-state index in [4.69, 9.17) is 0 Å². The van der Waals surface area contributed by atoms with Crippen molar-refractivity contribution in [2.45, 2.75) is 74.9 Å². The van der Waals surface area contributed by atoms with Crippen LogP contribution in [0.4, 0.5) is 5.69 Å². The highest BCUT2D eigenvalue weighted by molar-refractivity contribution is 9.10. The highest BCUT2D eigenvalue weighted by atomic mass is 79.9. The monoisotopic (exact) mass is 687 g/mol. The number of nitrogens with zero attached hydrogens (tertiary/aromatic N) is 2. The van der Waals surface area contributed by atoms with Crippen molar-refractivity contribution >= 4 is 54.2 Å². The third-order valence-electron chi connectivity index (χ3n) is 8.92. The summed E-state index contributed by atoms with van der Waals surface area (Å²) in [6.07, 6.45) is 6.08. The Labute approximate surface area is 273 Å². The van der Waals surface area contributed by atoms with Gasteiger partial charge < -0.3 is 10.2 Å². The van der Waals surface area contributed by atoms with Gasteiger partial charge in [-0.2, -0.15) is 0 Å². The van der Waals surface area contributed by atoms with Crippen molar-refractivity contribution in [3.8, 4) is 0 Å². The SMILES string of the molecule is O=C(NC1CCCCC1)[C@@H](Cc1ccccc1)N(Cc1ccc(Br)cc1)C(=O)CCCN1c2cccc3cccc(c23)S1(=O)=O. The maximum Gasteiger partial charge on any atom is 0.265 e. The minimum absolute atomic E-state index is 0.108. The van der Waals surface area contributed by atoms with E-state index >= 15 is 0 Å². The lowest BCUT2D eigenvalue weighted by molar-refractivity contribution is -0.141. The van der Waals surface area contributed by atoms with Gasteiger partial charge in [0.25, 0.3) is 10.0 Å². The number of anilines is 1. The first kappa shape index (κ1) is 31.3.